The second-order valence-electron chi connectivity index (χ2n) is 5.47. The number of carbonyl (C=O) groups excluding carboxylic acids is 1. The molecule has 0 amide bonds. The molecule has 0 atom stereocenters. The van der Waals surface area contributed by atoms with Crippen molar-refractivity contribution in [2.24, 2.45) is 0 Å². The molecular weight excluding hydrogens is 248 g/mol. The molecule has 0 bridgehead atoms. The van der Waals surface area contributed by atoms with Gasteiger partial charge < -0.3 is 4.74 Å². The maximum Gasteiger partial charge on any atom is 0.309 e. The van der Waals surface area contributed by atoms with Crippen LogP contribution in [0.15, 0.2) is 34.9 Å². The first-order chi connectivity index (χ1) is 9.45. The van der Waals surface area contributed by atoms with E-state index >= 15 is 0 Å². The van der Waals surface area contributed by atoms with Gasteiger partial charge in [-0.15, -0.1) is 0 Å². The highest BCUT2D eigenvalue weighted by atomic mass is 16.5. The quantitative estimate of drug-likeness (QED) is 0.419. The second kappa shape index (κ2) is 11.5. The van der Waals surface area contributed by atoms with E-state index in [9.17, 15) is 4.79 Å². The van der Waals surface area contributed by atoms with E-state index in [0.29, 0.717) is 13.0 Å². The molecule has 0 radical (unpaired) electrons. The van der Waals surface area contributed by atoms with Crippen LogP contribution in [0.4, 0.5) is 0 Å². The van der Waals surface area contributed by atoms with Gasteiger partial charge in [0.25, 0.3) is 0 Å². The molecule has 0 heterocycles. The third-order valence-electron chi connectivity index (χ3n) is 3.05. The molecule has 20 heavy (non-hydrogen) atoms. The molecule has 0 aliphatic carbocycles. The summed E-state index contributed by atoms with van der Waals surface area (Å²) in [5.74, 6) is -0.139. The smallest absolute Gasteiger partial charge is 0.309 e. The lowest BCUT2D eigenvalue weighted by Gasteiger charge is -2.02. The van der Waals surface area contributed by atoms with E-state index in [0.717, 1.165) is 25.7 Å². The van der Waals surface area contributed by atoms with E-state index < -0.39 is 0 Å². The van der Waals surface area contributed by atoms with E-state index in [-0.39, 0.29) is 5.97 Å². The van der Waals surface area contributed by atoms with Crippen LogP contribution >= 0.6 is 0 Å². The van der Waals surface area contributed by atoms with Crippen molar-refractivity contribution in [2.45, 2.75) is 66.7 Å². The van der Waals surface area contributed by atoms with Gasteiger partial charge in [0.2, 0.25) is 0 Å². The Labute approximate surface area is 124 Å². The lowest BCUT2D eigenvalue weighted by molar-refractivity contribution is -0.142. The molecule has 0 saturated carbocycles. The molecule has 0 aromatic carbocycles. The van der Waals surface area contributed by atoms with Crippen molar-refractivity contribution in [1.29, 1.82) is 0 Å². The van der Waals surface area contributed by atoms with Crippen LogP contribution in [0.3, 0.4) is 0 Å². The van der Waals surface area contributed by atoms with Gasteiger partial charge in [0, 0.05) is 0 Å². The first-order valence-corrected chi connectivity index (χ1v) is 7.56. The second-order valence-corrected chi connectivity index (χ2v) is 5.47. The summed E-state index contributed by atoms with van der Waals surface area (Å²) in [6.45, 7) is 10.8. The van der Waals surface area contributed by atoms with Crippen LogP contribution in [-0.2, 0) is 9.53 Å². The Balaban J connectivity index is 3.93. The molecule has 0 aromatic heterocycles. The lowest BCUT2D eigenvalue weighted by atomic mass is 10.1. The third kappa shape index (κ3) is 11.8. The number of hydrogen-bond acceptors (Lipinski definition) is 2. The number of hydrogen-bond donors (Lipinski definition) is 0. The number of esters is 1. The summed E-state index contributed by atoms with van der Waals surface area (Å²) >= 11 is 0. The largest absolute Gasteiger partial charge is 0.466 e. The predicted octanol–water partition coefficient (Wildman–Crippen LogP) is 5.36. The summed E-state index contributed by atoms with van der Waals surface area (Å²) in [5, 5.41) is 0. The van der Waals surface area contributed by atoms with Crippen molar-refractivity contribution in [3.05, 3.63) is 34.9 Å². The summed E-state index contributed by atoms with van der Waals surface area (Å²) < 4.78 is 4.90. The van der Waals surface area contributed by atoms with Crippen LogP contribution in [0.1, 0.15) is 66.7 Å². The molecule has 0 fully saturated rings. The Morgan fingerprint density at radius 3 is 2.00 bits per heavy atom. The maximum atomic E-state index is 11.2. The van der Waals surface area contributed by atoms with Crippen LogP contribution in [0.25, 0.3) is 0 Å². The third-order valence-corrected chi connectivity index (χ3v) is 3.05. The fourth-order valence-corrected chi connectivity index (χ4v) is 1.82. The zero-order valence-electron chi connectivity index (χ0n) is 13.8. The highest BCUT2D eigenvalue weighted by molar-refractivity contribution is 5.71. The SMILES string of the molecule is CCOC(=O)C/C=C(\C)CC/C=C(\C)CCC=C(C)C. The molecule has 114 valence electrons. The Morgan fingerprint density at radius 2 is 1.45 bits per heavy atom. The summed E-state index contributed by atoms with van der Waals surface area (Å²) in [6.07, 6.45) is 11.3. The van der Waals surface area contributed by atoms with Crippen molar-refractivity contribution >= 4 is 5.97 Å². The van der Waals surface area contributed by atoms with Gasteiger partial charge in [0.15, 0.2) is 0 Å². The minimum Gasteiger partial charge on any atom is -0.466 e. The minimum atomic E-state index is -0.139. The standard InChI is InChI=1S/C18H30O2/c1-6-20-18(19)14-13-17(5)12-8-11-16(4)10-7-9-15(2)3/h9,11,13H,6-8,10,12,14H2,1-5H3/b16-11+,17-13+. The molecule has 0 saturated heterocycles. The zero-order valence-corrected chi connectivity index (χ0v) is 13.8. The van der Waals surface area contributed by atoms with Gasteiger partial charge in [-0.05, 0) is 60.3 Å². The van der Waals surface area contributed by atoms with Crippen LogP contribution in [0.5, 0.6) is 0 Å². The number of allylic oxidation sites excluding steroid dienone is 5. The Kier molecular flexibility index (Phi) is 10.8. The molecule has 0 N–H and O–H groups in total. The van der Waals surface area contributed by atoms with Gasteiger partial charge in [-0.3, -0.25) is 4.79 Å². The number of ether oxygens (including phenoxy) is 1. The van der Waals surface area contributed by atoms with E-state index in [2.05, 4.69) is 39.8 Å². The van der Waals surface area contributed by atoms with Gasteiger partial charge in [0.05, 0.1) is 13.0 Å². The van der Waals surface area contributed by atoms with Crippen LogP contribution in [-0.4, -0.2) is 12.6 Å². The Hall–Kier alpha value is -1.31. The molecule has 0 aliphatic heterocycles. The monoisotopic (exact) mass is 278 g/mol. The Morgan fingerprint density at radius 1 is 0.900 bits per heavy atom. The maximum absolute atomic E-state index is 11.2. The normalized spacial score (nSPS) is 12.2. The number of rotatable bonds is 9. The van der Waals surface area contributed by atoms with E-state index in [4.69, 9.17) is 4.74 Å². The van der Waals surface area contributed by atoms with Crippen molar-refractivity contribution in [3.8, 4) is 0 Å². The molecule has 0 unspecified atom stereocenters. The highest BCUT2D eigenvalue weighted by Crippen LogP contribution is 2.11. The minimum absolute atomic E-state index is 0.139. The van der Waals surface area contributed by atoms with Crippen LogP contribution < -0.4 is 0 Å². The molecule has 0 rings (SSSR count). The van der Waals surface area contributed by atoms with Crippen molar-refractivity contribution in [2.75, 3.05) is 6.61 Å². The van der Waals surface area contributed by atoms with Gasteiger partial charge in [0.1, 0.15) is 0 Å². The van der Waals surface area contributed by atoms with E-state index in [1.165, 1.54) is 16.7 Å². The summed E-state index contributed by atoms with van der Waals surface area (Å²) in [4.78, 5) is 11.2. The average Bonchev–Trinajstić information content (AvgIpc) is 2.36. The van der Waals surface area contributed by atoms with Crippen molar-refractivity contribution in [1.82, 2.24) is 0 Å². The molecule has 0 aliphatic rings. The van der Waals surface area contributed by atoms with Crippen LogP contribution in [0, 0.1) is 0 Å². The Bertz CT molecular complexity index is 369. The van der Waals surface area contributed by atoms with Crippen molar-refractivity contribution in [3.63, 3.8) is 0 Å². The predicted molar refractivity (Wildman–Crippen MR) is 86.7 cm³/mol. The summed E-state index contributed by atoms with van der Waals surface area (Å²) in [5.41, 5.74) is 4.09. The molecule has 2 nitrogen and oxygen atoms in total. The van der Waals surface area contributed by atoms with Gasteiger partial charge in [-0.25, -0.2) is 0 Å². The first kappa shape index (κ1) is 18.7. The van der Waals surface area contributed by atoms with E-state index in [1.54, 1.807) is 0 Å². The lowest BCUT2D eigenvalue weighted by Crippen LogP contribution is -2.01. The van der Waals surface area contributed by atoms with Crippen LogP contribution in [0.2, 0.25) is 0 Å². The fourth-order valence-electron chi connectivity index (χ4n) is 1.82. The number of carbonyl (C=O) groups is 1. The first-order valence-electron chi connectivity index (χ1n) is 7.56. The molecule has 0 aromatic rings. The van der Waals surface area contributed by atoms with Gasteiger partial charge in [-0.1, -0.05) is 34.9 Å². The summed E-state index contributed by atoms with van der Waals surface area (Å²) in [6, 6.07) is 0. The topological polar surface area (TPSA) is 26.3 Å². The van der Waals surface area contributed by atoms with E-state index in [1.807, 2.05) is 13.0 Å². The molecule has 2 heteroatoms. The molecular formula is C18H30O2. The average molecular weight is 278 g/mol. The highest BCUT2D eigenvalue weighted by Gasteiger charge is 1.98. The summed E-state index contributed by atoms with van der Waals surface area (Å²) in [7, 11) is 0. The zero-order chi connectivity index (χ0) is 15.4. The van der Waals surface area contributed by atoms with Gasteiger partial charge >= 0.3 is 5.97 Å². The van der Waals surface area contributed by atoms with Crippen molar-refractivity contribution < 1.29 is 9.53 Å². The van der Waals surface area contributed by atoms with Gasteiger partial charge in [-0.2, -0.15) is 0 Å². The fraction of sp³-hybridized carbons (Fsp3) is 0.611. The molecule has 0 spiro atoms.